The van der Waals surface area contributed by atoms with Gasteiger partial charge in [-0.1, -0.05) is 6.92 Å². The van der Waals surface area contributed by atoms with Crippen molar-refractivity contribution in [2.24, 2.45) is 5.92 Å². The monoisotopic (exact) mass is 298 g/mol. The second-order valence-electron chi connectivity index (χ2n) is 6.21. The van der Waals surface area contributed by atoms with Crippen LogP contribution in [0, 0.1) is 5.92 Å². The summed E-state index contributed by atoms with van der Waals surface area (Å²) in [6, 6.07) is 0.465. The molecule has 120 valence electrons. The topological polar surface area (TPSA) is 78.9 Å². The third-order valence-electron chi connectivity index (χ3n) is 4.10. The molecule has 6 nitrogen and oxygen atoms in total. The lowest BCUT2D eigenvalue weighted by Crippen LogP contribution is -2.55. The van der Waals surface area contributed by atoms with E-state index in [2.05, 4.69) is 10.2 Å². The molecule has 6 heteroatoms. The first kappa shape index (κ1) is 16.2. The maximum absolute atomic E-state index is 11.6. The number of nitrogens with one attached hydrogen (secondary N) is 1. The molecule has 21 heavy (non-hydrogen) atoms. The summed E-state index contributed by atoms with van der Waals surface area (Å²) in [5.41, 5.74) is 0. The predicted molar refractivity (Wildman–Crippen MR) is 78.0 cm³/mol. The average molecular weight is 298 g/mol. The Labute approximate surface area is 125 Å². The van der Waals surface area contributed by atoms with Gasteiger partial charge in [-0.2, -0.15) is 0 Å². The molecule has 2 aliphatic rings. The SMILES string of the molecule is CCCOCC(=O)NC1CC(N(CC(=O)O)CC2CC2)C1. The van der Waals surface area contributed by atoms with Gasteiger partial charge in [-0.25, -0.2) is 0 Å². The first-order valence-electron chi connectivity index (χ1n) is 7.91. The lowest BCUT2D eigenvalue weighted by Gasteiger charge is -2.42. The third kappa shape index (κ3) is 5.63. The van der Waals surface area contributed by atoms with Crippen molar-refractivity contribution in [3.63, 3.8) is 0 Å². The second kappa shape index (κ2) is 7.75. The molecule has 2 N–H and O–H groups in total. The number of nitrogens with zero attached hydrogens (tertiary/aromatic N) is 1. The number of hydrogen-bond donors (Lipinski definition) is 2. The minimum absolute atomic E-state index is 0.0705. The smallest absolute Gasteiger partial charge is 0.317 e. The zero-order valence-corrected chi connectivity index (χ0v) is 12.7. The number of carbonyl (C=O) groups excluding carboxylic acids is 1. The Morgan fingerprint density at radius 3 is 2.62 bits per heavy atom. The Kier molecular flexibility index (Phi) is 5.99. The average Bonchev–Trinajstić information content (AvgIpc) is 3.16. The molecule has 0 radical (unpaired) electrons. The first-order chi connectivity index (χ1) is 10.1. The van der Waals surface area contributed by atoms with Crippen molar-refractivity contribution in [2.45, 2.75) is 51.1 Å². The Morgan fingerprint density at radius 1 is 1.33 bits per heavy atom. The van der Waals surface area contributed by atoms with Crippen molar-refractivity contribution in [3.8, 4) is 0 Å². The van der Waals surface area contributed by atoms with E-state index < -0.39 is 5.97 Å². The van der Waals surface area contributed by atoms with E-state index in [1.54, 1.807) is 0 Å². The molecule has 1 amide bonds. The number of ether oxygens (including phenoxy) is 1. The van der Waals surface area contributed by atoms with Crippen molar-refractivity contribution in [3.05, 3.63) is 0 Å². The normalized spacial score (nSPS) is 24.7. The van der Waals surface area contributed by atoms with Crippen LogP contribution in [0.15, 0.2) is 0 Å². The Hall–Kier alpha value is -1.14. The summed E-state index contributed by atoms with van der Waals surface area (Å²) in [5.74, 6) is -0.157. The summed E-state index contributed by atoms with van der Waals surface area (Å²) in [6.07, 6.45) is 5.04. The molecule has 0 aliphatic heterocycles. The number of carboxylic acids is 1. The zero-order valence-electron chi connectivity index (χ0n) is 12.7. The fraction of sp³-hybridized carbons (Fsp3) is 0.867. The molecule has 0 atom stereocenters. The van der Waals surface area contributed by atoms with Crippen molar-refractivity contribution in [1.29, 1.82) is 0 Å². The van der Waals surface area contributed by atoms with Crippen LogP contribution in [0.4, 0.5) is 0 Å². The summed E-state index contributed by atoms with van der Waals surface area (Å²) >= 11 is 0. The fourth-order valence-electron chi connectivity index (χ4n) is 2.73. The number of rotatable bonds is 10. The van der Waals surface area contributed by atoms with Crippen LogP contribution in [0.3, 0.4) is 0 Å². The highest BCUT2D eigenvalue weighted by atomic mass is 16.5. The van der Waals surface area contributed by atoms with E-state index in [1.807, 2.05) is 6.92 Å². The molecule has 0 aromatic heterocycles. The maximum atomic E-state index is 11.6. The largest absolute Gasteiger partial charge is 0.480 e. The van der Waals surface area contributed by atoms with E-state index in [0.29, 0.717) is 18.6 Å². The Bertz CT molecular complexity index is 365. The van der Waals surface area contributed by atoms with Gasteiger partial charge >= 0.3 is 5.97 Å². The zero-order chi connectivity index (χ0) is 15.2. The second-order valence-corrected chi connectivity index (χ2v) is 6.21. The van der Waals surface area contributed by atoms with Crippen LogP contribution in [0.5, 0.6) is 0 Å². The van der Waals surface area contributed by atoms with E-state index in [-0.39, 0.29) is 25.1 Å². The summed E-state index contributed by atoms with van der Waals surface area (Å²) in [6.45, 7) is 3.73. The molecule has 0 bridgehead atoms. The van der Waals surface area contributed by atoms with Crippen LogP contribution in [-0.2, 0) is 14.3 Å². The molecule has 0 aromatic carbocycles. The predicted octanol–water partition coefficient (Wildman–Crippen LogP) is 0.857. The standard InChI is InChI=1S/C15H26N2O4/c1-2-5-21-10-14(18)16-12-6-13(7-12)17(9-15(19)20)8-11-3-4-11/h11-13H,2-10H2,1H3,(H,16,18)(H,19,20). The van der Waals surface area contributed by atoms with E-state index in [1.165, 1.54) is 12.8 Å². The summed E-state index contributed by atoms with van der Waals surface area (Å²) in [5, 5.41) is 11.9. The fourth-order valence-corrected chi connectivity index (χ4v) is 2.73. The molecule has 0 heterocycles. The van der Waals surface area contributed by atoms with Gasteiger partial charge in [0.05, 0.1) is 6.54 Å². The highest BCUT2D eigenvalue weighted by Crippen LogP contribution is 2.33. The molecule has 0 spiro atoms. The highest BCUT2D eigenvalue weighted by Gasteiger charge is 2.37. The number of amides is 1. The van der Waals surface area contributed by atoms with Crippen molar-refractivity contribution < 1.29 is 19.4 Å². The number of aliphatic carboxylic acids is 1. The van der Waals surface area contributed by atoms with Gasteiger partial charge in [0, 0.05) is 25.2 Å². The van der Waals surface area contributed by atoms with Gasteiger partial charge in [-0.15, -0.1) is 0 Å². The lowest BCUT2D eigenvalue weighted by atomic mass is 9.85. The minimum atomic E-state index is -0.767. The highest BCUT2D eigenvalue weighted by molar-refractivity contribution is 5.77. The van der Waals surface area contributed by atoms with Gasteiger partial charge in [-0.05, 0) is 38.0 Å². The van der Waals surface area contributed by atoms with Crippen molar-refractivity contribution >= 4 is 11.9 Å². The Balaban J connectivity index is 1.65. The number of carboxylic acid groups (broad SMARTS) is 1. The Morgan fingerprint density at radius 2 is 2.05 bits per heavy atom. The van der Waals surface area contributed by atoms with Crippen LogP contribution >= 0.6 is 0 Å². The van der Waals surface area contributed by atoms with Crippen LogP contribution in [-0.4, -0.2) is 60.3 Å². The number of carbonyl (C=O) groups is 2. The molecule has 0 aromatic rings. The molecule has 2 saturated carbocycles. The van der Waals surface area contributed by atoms with Gasteiger partial charge in [0.15, 0.2) is 0 Å². The van der Waals surface area contributed by atoms with Crippen LogP contribution in [0.25, 0.3) is 0 Å². The first-order valence-corrected chi connectivity index (χ1v) is 7.91. The molecule has 2 fully saturated rings. The lowest BCUT2D eigenvalue weighted by molar-refractivity contribution is -0.140. The molecular formula is C15H26N2O4. The van der Waals surface area contributed by atoms with E-state index >= 15 is 0 Å². The molecular weight excluding hydrogens is 272 g/mol. The van der Waals surface area contributed by atoms with Crippen LogP contribution in [0.2, 0.25) is 0 Å². The maximum Gasteiger partial charge on any atom is 0.317 e. The van der Waals surface area contributed by atoms with Crippen LogP contribution in [0.1, 0.15) is 39.0 Å². The van der Waals surface area contributed by atoms with Gasteiger partial charge < -0.3 is 15.2 Å². The van der Waals surface area contributed by atoms with Crippen molar-refractivity contribution in [2.75, 3.05) is 26.3 Å². The van der Waals surface area contributed by atoms with E-state index in [0.717, 1.165) is 25.8 Å². The minimum Gasteiger partial charge on any atom is -0.480 e. The third-order valence-corrected chi connectivity index (χ3v) is 4.10. The van der Waals surface area contributed by atoms with Crippen molar-refractivity contribution in [1.82, 2.24) is 10.2 Å². The molecule has 0 saturated heterocycles. The molecule has 0 unspecified atom stereocenters. The van der Waals surface area contributed by atoms with Gasteiger partial charge in [0.2, 0.25) is 5.91 Å². The quantitative estimate of drug-likeness (QED) is 0.585. The molecule has 2 aliphatic carbocycles. The summed E-state index contributed by atoms with van der Waals surface area (Å²) in [4.78, 5) is 24.6. The van der Waals surface area contributed by atoms with Gasteiger partial charge in [0.1, 0.15) is 6.61 Å². The van der Waals surface area contributed by atoms with Gasteiger partial charge in [-0.3, -0.25) is 14.5 Å². The van der Waals surface area contributed by atoms with Crippen LogP contribution < -0.4 is 5.32 Å². The molecule has 2 rings (SSSR count). The van der Waals surface area contributed by atoms with E-state index in [4.69, 9.17) is 9.84 Å². The number of hydrogen-bond acceptors (Lipinski definition) is 4. The summed E-state index contributed by atoms with van der Waals surface area (Å²) in [7, 11) is 0. The summed E-state index contributed by atoms with van der Waals surface area (Å²) < 4.78 is 5.20. The van der Waals surface area contributed by atoms with Gasteiger partial charge in [0.25, 0.3) is 0 Å². The van der Waals surface area contributed by atoms with E-state index in [9.17, 15) is 9.59 Å².